The lowest BCUT2D eigenvalue weighted by molar-refractivity contribution is -0.130. The minimum Gasteiger partial charge on any atom is -0.490 e. The Labute approximate surface area is 197 Å². The number of aryl methyl sites for hydroxylation is 2. The van der Waals surface area contributed by atoms with Gasteiger partial charge in [0.15, 0.2) is 23.8 Å². The van der Waals surface area contributed by atoms with Crippen molar-refractivity contribution in [3.63, 3.8) is 0 Å². The Morgan fingerprint density at radius 1 is 1.03 bits per heavy atom. The first kappa shape index (κ1) is 22.8. The van der Waals surface area contributed by atoms with E-state index in [4.69, 9.17) is 19.9 Å². The molecule has 1 aliphatic heterocycles. The molecule has 2 heterocycles. The molecule has 0 spiro atoms. The third kappa shape index (κ3) is 4.85. The first-order valence-electron chi connectivity index (χ1n) is 10.8. The summed E-state index contributed by atoms with van der Waals surface area (Å²) in [5.74, 6) is -0.0663. The smallest absolute Gasteiger partial charge is 0.363 e. The minimum absolute atomic E-state index is 0.171. The fourth-order valence-electron chi connectivity index (χ4n) is 3.67. The van der Waals surface area contributed by atoms with Crippen LogP contribution in [0, 0.1) is 13.8 Å². The molecule has 4 rings (SSSR count). The Bertz CT molecular complexity index is 1280. The van der Waals surface area contributed by atoms with E-state index in [1.807, 2.05) is 45.0 Å². The Kier molecular flexibility index (Phi) is 6.49. The van der Waals surface area contributed by atoms with Gasteiger partial charge in [-0.1, -0.05) is 6.07 Å². The van der Waals surface area contributed by atoms with Gasteiger partial charge in [0, 0.05) is 22.6 Å². The van der Waals surface area contributed by atoms with E-state index in [1.54, 1.807) is 24.3 Å². The van der Waals surface area contributed by atoms with Crippen LogP contribution >= 0.6 is 0 Å². The van der Waals surface area contributed by atoms with Gasteiger partial charge in [0.2, 0.25) is 5.90 Å². The molecule has 8 nitrogen and oxygen atoms in total. The lowest BCUT2D eigenvalue weighted by Crippen LogP contribution is -2.20. The van der Waals surface area contributed by atoms with Crippen molar-refractivity contribution in [1.82, 2.24) is 4.57 Å². The highest BCUT2D eigenvalue weighted by molar-refractivity contribution is 6.12. The van der Waals surface area contributed by atoms with Gasteiger partial charge in [-0.2, -0.15) is 0 Å². The number of amides is 1. The summed E-state index contributed by atoms with van der Waals surface area (Å²) in [7, 11) is 0. The lowest BCUT2D eigenvalue weighted by Gasteiger charge is -2.11. The second-order valence-corrected chi connectivity index (χ2v) is 7.73. The molecule has 0 radical (unpaired) electrons. The quantitative estimate of drug-likeness (QED) is 0.408. The number of aromatic nitrogens is 1. The summed E-state index contributed by atoms with van der Waals surface area (Å²) in [6.07, 6.45) is 1.61. The van der Waals surface area contributed by atoms with E-state index in [1.165, 1.54) is 0 Å². The van der Waals surface area contributed by atoms with Crippen molar-refractivity contribution < 1.29 is 23.8 Å². The van der Waals surface area contributed by atoms with Crippen LogP contribution < -0.4 is 15.2 Å². The SMILES string of the molecule is CCOc1cc(/C=C2\N=C(c3ccc(-n4c(C)ccc4C)cc3)OC2=O)ccc1OCC(N)=O. The van der Waals surface area contributed by atoms with Gasteiger partial charge in [-0.3, -0.25) is 4.79 Å². The fourth-order valence-corrected chi connectivity index (χ4v) is 3.67. The second-order valence-electron chi connectivity index (χ2n) is 7.73. The van der Waals surface area contributed by atoms with Gasteiger partial charge in [0.1, 0.15) is 0 Å². The number of cyclic esters (lactones) is 1. The molecular weight excluding hydrogens is 434 g/mol. The summed E-state index contributed by atoms with van der Waals surface area (Å²) in [6.45, 7) is 6.07. The Morgan fingerprint density at radius 2 is 1.74 bits per heavy atom. The standard InChI is InChI=1S/C26H25N3O5/c1-4-32-23-14-18(7-12-22(23)33-15-24(27)30)13-21-26(31)34-25(28-21)19-8-10-20(11-9-19)29-16(2)5-6-17(29)3/h5-14H,4,15H2,1-3H3,(H2,27,30)/b21-13-. The van der Waals surface area contributed by atoms with E-state index in [2.05, 4.69) is 21.7 Å². The molecule has 3 aromatic rings. The molecule has 2 aromatic carbocycles. The van der Waals surface area contributed by atoms with E-state index >= 15 is 0 Å². The zero-order chi connectivity index (χ0) is 24.2. The maximum Gasteiger partial charge on any atom is 0.363 e. The first-order chi connectivity index (χ1) is 16.4. The third-order valence-electron chi connectivity index (χ3n) is 5.21. The van der Waals surface area contributed by atoms with Crippen LogP contribution in [0.2, 0.25) is 0 Å². The van der Waals surface area contributed by atoms with Gasteiger partial charge in [0.05, 0.1) is 6.61 Å². The maximum atomic E-state index is 12.4. The van der Waals surface area contributed by atoms with Crippen LogP contribution in [0.5, 0.6) is 11.5 Å². The number of nitrogens with zero attached hydrogens (tertiary/aromatic N) is 2. The molecule has 0 atom stereocenters. The number of rotatable bonds is 8. The van der Waals surface area contributed by atoms with Crippen molar-refractivity contribution in [2.75, 3.05) is 13.2 Å². The number of ether oxygens (including phenoxy) is 3. The van der Waals surface area contributed by atoms with Gasteiger partial charge < -0.3 is 24.5 Å². The molecule has 1 aliphatic rings. The number of carbonyl (C=O) groups is 2. The van der Waals surface area contributed by atoms with Crippen LogP contribution in [-0.2, 0) is 14.3 Å². The summed E-state index contributed by atoms with van der Waals surface area (Å²) in [5.41, 5.74) is 9.98. The van der Waals surface area contributed by atoms with Crippen molar-refractivity contribution in [2.45, 2.75) is 20.8 Å². The number of hydrogen-bond acceptors (Lipinski definition) is 6. The Hall–Kier alpha value is -4.33. The average Bonchev–Trinajstić information content (AvgIpc) is 3.34. The molecular formula is C26H25N3O5. The van der Waals surface area contributed by atoms with E-state index in [0.29, 0.717) is 29.2 Å². The fraction of sp³-hybridized carbons (Fsp3) is 0.192. The van der Waals surface area contributed by atoms with E-state index in [-0.39, 0.29) is 18.2 Å². The minimum atomic E-state index is -0.587. The van der Waals surface area contributed by atoms with Crippen LogP contribution in [0.1, 0.15) is 29.4 Å². The summed E-state index contributed by atoms with van der Waals surface area (Å²) >= 11 is 0. The van der Waals surface area contributed by atoms with Crippen molar-refractivity contribution in [3.05, 3.63) is 82.8 Å². The van der Waals surface area contributed by atoms with E-state index < -0.39 is 11.9 Å². The maximum absolute atomic E-state index is 12.4. The molecule has 2 N–H and O–H groups in total. The predicted octanol–water partition coefficient (Wildman–Crippen LogP) is 3.70. The molecule has 34 heavy (non-hydrogen) atoms. The van der Waals surface area contributed by atoms with Crippen molar-refractivity contribution in [1.29, 1.82) is 0 Å². The zero-order valence-corrected chi connectivity index (χ0v) is 19.2. The number of primary amides is 1. The molecule has 174 valence electrons. The largest absolute Gasteiger partial charge is 0.490 e. The second kappa shape index (κ2) is 9.66. The third-order valence-corrected chi connectivity index (χ3v) is 5.21. The molecule has 0 aliphatic carbocycles. The summed E-state index contributed by atoms with van der Waals surface area (Å²) in [4.78, 5) is 27.8. The number of carbonyl (C=O) groups excluding carboxylic acids is 2. The van der Waals surface area contributed by atoms with Crippen LogP contribution in [0.3, 0.4) is 0 Å². The van der Waals surface area contributed by atoms with Gasteiger partial charge in [-0.15, -0.1) is 0 Å². The average molecular weight is 460 g/mol. The number of nitrogens with two attached hydrogens (primary N) is 1. The number of benzene rings is 2. The first-order valence-corrected chi connectivity index (χ1v) is 10.8. The normalized spacial score (nSPS) is 14.1. The van der Waals surface area contributed by atoms with Crippen molar-refractivity contribution in [2.24, 2.45) is 10.7 Å². The number of hydrogen-bond donors (Lipinski definition) is 1. The van der Waals surface area contributed by atoms with Crippen LogP contribution in [0.15, 0.2) is 65.3 Å². The zero-order valence-electron chi connectivity index (χ0n) is 19.2. The van der Waals surface area contributed by atoms with Crippen molar-refractivity contribution in [3.8, 4) is 17.2 Å². The number of esters is 1. The van der Waals surface area contributed by atoms with Gasteiger partial charge in [-0.05, 0) is 80.9 Å². The van der Waals surface area contributed by atoms with E-state index in [9.17, 15) is 9.59 Å². The Balaban J connectivity index is 1.58. The predicted molar refractivity (Wildman–Crippen MR) is 128 cm³/mol. The lowest BCUT2D eigenvalue weighted by atomic mass is 10.1. The Morgan fingerprint density at radius 3 is 2.38 bits per heavy atom. The highest BCUT2D eigenvalue weighted by atomic mass is 16.6. The van der Waals surface area contributed by atoms with Crippen LogP contribution in [-0.4, -0.2) is 35.6 Å². The summed E-state index contributed by atoms with van der Waals surface area (Å²) < 4.78 is 18.5. The van der Waals surface area contributed by atoms with Crippen LogP contribution in [0.25, 0.3) is 11.8 Å². The highest BCUT2D eigenvalue weighted by Crippen LogP contribution is 2.30. The van der Waals surface area contributed by atoms with E-state index in [0.717, 1.165) is 17.1 Å². The molecule has 0 saturated carbocycles. The number of aliphatic imine (C=N–C) groups is 1. The molecule has 0 fully saturated rings. The highest BCUT2D eigenvalue weighted by Gasteiger charge is 2.24. The van der Waals surface area contributed by atoms with Gasteiger partial charge >= 0.3 is 5.97 Å². The molecule has 0 unspecified atom stereocenters. The molecule has 8 heteroatoms. The van der Waals surface area contributed by atoms with Crippen molar-refractivity contribution >= 4 is 23.9 Å². The van der Waals surface area contributed by atoms with Gasteiger partial charge in [-0.25, -0.2) is 9.79 Å². The molecule has 0 saturated heterocycles. The molecule has 1 amide bonds. The van der Waals surface area contributed by atoms with Crippen LogP contribution in [0.4, 0.5) is 0 Å². The summed E-state index contributed by atoms with van der Waals surface area (Å²) in [6, 6.07) is 16.9. The topological polar surface area (TPSA) is 105 Å². The molecule has 1 aromatic heterocycles. The summed E-state index contributed by atoms with van der Waals surface area (Å²) in [5, 5.41) is 0. The molecule has 0 bridgehead atoms. The monoisotopic (exact) mass is 459 g/mol. The van der Waals surface area contributed by atoms with Gasteiger partial charge in [0.25, 0.3) is 5.91 Å².